The molecule has 0 saturated carbocycles. The zero-order chi connectivity index (χ0) is 11.9. The van der Waals surface area contributed by atoms with Gasteiger partial charge in [-0.2, -0.15) is 0 Å². The number of quaternary nitrogens is 1. The molecule has 0 aliphatic carbocycles. The zero-order valence-corrected chi connectivity index (χ0v) is 11.6. The number of carbonyl (C=O) groups excluding carboxylic acids is 1. The molecule has 0 aromatic heterocycles. The zero-order valence-electron chi connectivity index (χ0n) is 10.9. The lowest BCUT2D eigenvalue weighted by molar-refractivity contribution is -0.890. The first-order valence-corrected chi connectivity index (χ1v) is 5.53. The van der Waals surface area contributed by atoms with Crippen LogP contribution in [0.4, 0.5) is 0 Å². The minimum Gasteiger partial charge on any atom is -1.00 e. The Morgan fingerprint density at radius 3 is 2.31 bits per heavy atom. The summed E-state index contributed by atoms with van der Waals surface area (Å²) in [5.74, 6) is -0.287. The lowest BCUT2D eigenvalue weighted by Crippen LogP contribution is -3.00. The molecule has 0 N–H and O–H groups in total. The van der Waals surface area contributed by atoms with Gasteiger partial charge in [0.2, 0.25) is 0 Å². The first-order chi connectivity index (χ1) is 6.89. The van der Waals surface area contributed by atoms with E-state index < -0.39 is 0 Å². The van der Waals surface area contributed by atoms with Gasteiger partial charge in [-0.25, -0.2) is 4.79 Å². The Bertz CT molecular complexity index is 227. The van der Waals surface area contributed by atoms with Crippen molar-refractivity contribution < 1.29 is 26.4 Å². The smallest absolute Gasteiger partial charge is 0.333 e. The first kappa shape index (κ1) is 17.8. The fourth-order valence-corrected chi connectivity index (χ4v) is 1.21. The van der Waals surface area contributed by atoms with E-state index in [0.717, 1.165) is 17.6 Å². The maximum Gasteiger partial charge on any atom is 0.333 e. The van der Waals surface area contributed by atoms with E-state index in [4.69, 9.17) is 4.74 Å². The van der Waals surface area contributed by atoms with Crippen LogP contribution in [-0.4, -0.2) is 44.2 Å². The van der Waals surface area contributed by atoms with Crippen LogP contribution in [0.2, 0.25) is 0 Å². The van der Waals surface area contributed by atoms with Gasteiger partial charge in [0.1, 0.15) is 13.2 Å². The van der Waals surface area contributed by atoms with E-state index in [9.17, 15) is 4.79 Å². The molecule has 0 aromatic rings. The molecule has 16 heavy (non-hydrogen) atoms. The predicted molar refractivity (Wildman–Crippen MR) is 62.5 cm³/mol. The number of ether oxygens (including phenoxy) is 1. The average Bonchev–Trinajstić information content (AvgIpc) is 2.14. The van der Waals surface area contributed by atoms with Gasteiger partial charge in [0.25, 0.3) is 0 Å². The quantitative estimate of drug-likeness (QED) is 0.328. The number of esters is 1. The van der Waals surface area contributed by atoms with Crippen LogP contribution in [0, 0.1) is 0 Å². The van der Waals surface area contributed by atoms with Crippen LogP contribution in [0.5, 0.6) is 0 Å². The molecular weight excluding hydrogens is 226 g/mol. The van der Waals surface area contributed by atoms with Crippen LogP contribution in [0.15, 0.2) is 12.2 Å². The molecule has 0 fully saturated rings. The van der Waals surface area contributed by atoms with Crippen LogP contribution >= 0.6 is 0 Å². The molecule has 0 bridgehead atoms. The van der Waals surface area contributed by atoms with Crippen molar-refractivity contribution in [3.63, 3.8) is 0 Å². The van der Waals surface area contributed by atoms with Gasteiger partial charge in [0.05, 0.1) is 20.6 Å². The number of nitrogens with zero attached hydrogens (tertiary/aromatic N) is 1. The second-order valence-corrected chi connectivity index (χ2v) is 4.65. The van der Waals surface area contributed by atoms with Crippen molar-refractivity contribution in [1.82, 2.24) is 0 Å². The highest BCUT2D eigenvalue weighted by atomic mass is 35.5. The SMILES string of the molecule is C=C(C)C(=O)OCC[N+](C)(C)CCCC.[Cl-]. The molecule has 0 aromatic carbocycles. The third kappa shape index (κ3) is 8.74. The number of unbranched alkanes of at least 4 members (excludes halogenated alkanes) is 1. The molecule has 0 saturated heterocycles. The summed E-state index contributed by atoms with van der Waals surface area (Å²) in [6, 6.07) is 0. The average molecular weight is 250 g/mol. The van der Waals surface area contributed by atoms with Gasteiger partial charge < -0.3 is 21.6 Å². The van der Waals surface area contributed by atoms with Crippen LogP contribution in [0.1, 0.15) is 26.7 Å². The largest absolute Gasteiger partial charge is 1.00 e. The number of hydrogen-bond donors (Lipinski definition) is 0. The summed E-state index contributed by atoms with van der Waals surface area (Å²) in [6.45, 7) is 9.85. The van der Waals surface area contributed by atoms with Gasteiger partial charge in [-0.3, -0.25) is 0 Å². The molecule has 0 radical (unpaired) electrons. The molecule has 0 rings (SSSR count). The third-order valence-electron chi connectivity index (χ3n) is 2.40. The highest BCUT2D eigenvalue weighted by Crippen LogP contribution is 2.02. The molecule has 0 unspecified atom stereocenters. The van der Waals surface area contributed by atoms with Crippen molar-refractivity contribution in [3.05, 3.63) is 12.2 Å². The number of likely N-dealkylation sites (N-methyl/N-ethyl adjacent to an activating group) is 1. The minimum atomic E-state index is -0.287. The van der Waals surface area contributed by atoms with Crippen molar-refractivity contribution >= 4 is 5.97 Å². The normalized spacial score (nSPS) is 10.5. The topological polar surface area (TPSA) is 26.3 Å². The minimum absolute atomic E-state index is 0. The summed E-state index contributed by atoms with van der Waals surface area (Å²) >= 11 is 0. The molecule has 0 atom stereocenters. The molecule has 0 aliphatic heterocycles. The van der Waals surface area contributed by atoms with Gasteiger partial charge in [0.15, 0.2) is 0 Å². The van der Waals surface area contributed by atoms with Gasteiger partial charge in [-0.05, 0) is 13.3 Å². The van der Waals surface area contributed by atoms with Gasteiger partial charge in [-0.15, -0.1) is 0 Å². The van der Waals surface area contributed by atoms with Crippen LogP contribution in [0.25, 0.3) is 0 Å². The number of rotatable bonds is 7. The monoisotopic (exact) mass is 249 g/mol. The summed E-state index contributed by atoms with van der Waals surface area (Å²) in [7, 11) is 4.31. The molecule has 0 amide bonds. The van der Waals surface area contributed by atoms with Crippen molar-refractivity contribution in [2.45, 2.75) is 26.7 Å². The Morgan fingerprint density at radius 2 is 1.88 bits per heavy atom. The van der Waals surface area contributed by atoms with Crippen LogP contribution < -0.4 is 12.4 Å². The second-order valence-electron chi connectivity index (χ2n) is 4.65. The van der Waals surface area contributed by atoms with E-state index in [1.54, 1.807) is 6.92 Å². The summed E-state index contributed by atoms with van der Waals surface area (Å²) < 4.78 is 5.97. The van der Waals surface area contributed by atoms with E-state index in [1.807, 2.05) is 0 Å². The Kier molecular flexibility index (Phi) is 9.58. The molecule has 0 spiro atoms. The van der Waals surface area contributed by atoms with Gasteiger partial charge in [0, 0.05) is 5.57 Å². The summed E-state index contributed by atoms with van der Waals surface area (Å²) in [6.07, 6.45) is 2.41. The highest BCUT2D eigenvalue weighted by molar-refractivity contribution is 5.86. The standard InChI is InChI=1S/C12H24NO2.ClH/c1-6-7-8-13(4,5)9-10-15-12(14)11(2)3;/h2,6-10H2,1,3-5H3;1H/q+1;/p-1. The molecule has 96 valence electrons. The van der Waals surface area contributed by atoms with Crippen LogP contribution in [0.3, 0.4) is 0 Å². The van der Waals surface area contributed by atoms with E-state index in [1.165, 1.54) is 12.8 Å². The lowest BCUT2D eigenvalue weighted by Gasteiger charge is -2.29. The van der Waals surface area contributed by atoms with Crippen molar-refractivity contribution in [2.24, 2.45) is 0 Å². The first-order valence-electron chi connectivity index (χ1n) is 5.53. The fraction of sp³-hybridized carbons (Fsp3) is 0.750. The van der Waals surface area contributed by atoms with Crippen LogP contribution in [-0.2, 0) is 9.53 Å². The lowest BCUT2D eigenvalue weighted by atomic mass is 10.3. The molecule has 4 heteroatoms. The fourth-order valence-electron chi connectivity index (χ4n) is 1.21. The van der Waals surface area contributed by atoms with Gasteiger partial charge in [-0.1, -0.05) is 19.9 Å². The maximum absolute atomic E-state index is 11.1. The number of halogens is 1. The Morgan fingerprint density at radius 1 is 1.31 bits per heavy atom. The third-order valence-corrected chi connectivity index (χ3v) is 2.40. The van der Waals surface area contributed by atoms with E-state index in [-0.39, 0.29) is 18.4 Å². The van der Waals surface area contributed by atoms with Crippen molar-refractivity contribution in [2.75, 3.05) is 33.8 Å². The Balaban J connectivity index is 0. The second kappa shape index (κ2) is 8.59. The van der Waals surface area contributed by atoms with Crippen molar-refractivity contribution in [3.8, 4) is 0 Å². The molecule has 0 aliphatic rings. The number of hydrogen-bond acceptors (Lipinski definition) is 2. The summed E-state index contributed by atoms with van der Waals surface area (Å²) in [5.41, 5.74) is 0.467. The predicted octanol–water partition coefficient (Wildman–Crippen LogP) is -1.01. The Labute approximate surface area is 105 Å². The summed E-state index contributed by atoms with van der Waals surface area (Å²) in [4.78, 5) is 11.1. The molecule has 3 nitrogen and oxygen atoms in total. The molecular formula is C12H24ClNO2. The van der Waals surface area contributed by atoms with E-state index in [0.29, 0.717) is 12.2 Å². The Hall–Kier alpha value is -0.540. The summed E-state index contributed by atoms with van der Waals surface area (Å²) in [5, 5.41) is 0. The van der Waals surface area contributed by atoms with Crippen molar-refractivity contribution in [1.29, 1.82) is 0 Å². The van der Waals surface area contributed by atoms with Gasteiger partial charge >= 0.3 is 5.97 Å². The number of carbonyl (C=O) groups is 1. The maximum atomic E-state index is 11.1. The van der Waals surface area contributed by atoms with E-state index >= 15 is 0 Å². The molecule has 0 heterocycles. The highest BCUT2D eigenvalue weighted by Gasteiger charge is 2.14. The van der Waals surface area contributed by atoms with E-state index in [2.05, 4.69) is 27.6 Å².